The molecule has 15 heavy (non-hydrogen) atoms. The molecule has 0 fully saturated rings. The van der Waals surface area contributed by atoms with Crippen molar-refractivity contribution in [1.82, 2.24) is 9.55 Å². The van der Waals surface area contributed by atoms with Crippen LogP contribution < -0.4 is 5.73 Å². The van der Waals surface area contributed by atoms with Gasteiger partial charge in [-0.25, -0.2) is 9.37 Å². The largest absolute Gasteiger partial charge is 0.399 e. The Balaban J connectivity index is 2.28. The number of aryl methyl sites for hydroxylation is 1. The zero-order chi connectivity index (χ0) is 10.8. The summed E-state index contributed by atoms with van der Waals surface area (Å²) in [5.41, 5.74) is 5.97. The average molecular weight is 223 g/mol. The van der Waals surface area contributed by atoms with Gasteiger partial charge in [0.15, 0.2) is 5.16 Å². The van der Waals surface area contributed by atoms with E-state index in [1.54, 1.807) is 12.3 Å². The normalized spacial score (nSPS) is 10.5. The highest BCUT2D eigenvalue weighted by Gasteiger charge is 2.04. The molecule has 0 spiro atoms. The van der Waals surface area contributed by atoms with Crippen molar-refractivity contribution in [2.75, 3.05) is 5.73 Å². The van der Waals surface area contributed by atoms with Crippen LogP contribution in [0.4, 0.5) is 10.1 Å². The maximum atomic E-state index is 13.0. The Morgan fingerprint density at radius 2 is 2.20 bits per heavy atom. The monoisotopic (exact) mass is 223 g/mol. The smallest absolute Gasteiger partial charge is 0.172 e. The summed E-state index contributed by atoms with van der Waals surface area (Å²) in [6.45, 7) is 0. The van der Waals surface area contributed by atoms with Gasteiger partial charge in [-0.2, -0.15) is 0 Å². The molecule has 5 heteroatoms. The number of nitrogen functional groups attached to an aromatic ring is 1. The second-order valence-electron chi connectivity index (χ2n) is 3.14. The van der Waals surface area contributed by atoms with Crippen LogP contribution in [0.2, 0.25) is 0 Å². The van der Waals surface area contributed by atoms with Gasteiger partial charge in [-0.05, 0) is 18.2 Å². The Labute approximate surface area is 91.1 Å². The zero-order valence-electron chi connectivity index (χ0n) is 8.14. The van der Waals surface area contributed by atoms with Gasteiger partial charge >= 0.3 is 0 Å². The van der Waals surface area contributed by atoms with Crippen molar-refractivity contribution in [2.24, 2.45) is 7.05 Å². The standard InChI is InChI=1S/C10H10FN3S/c1-14-3-2-13-10(14)15-9-5-7(11)4-8(12)6-9/h2-6H,12H2,1H3. The fourth-order valence-corrected chi connectivity index (χ4v) is 2.09. The molecule has 0 radical (unpaired) electrons. The van der Waals surface area contributed by atoms with Crippen molar-refractivity contribution in [1.29, 1.82) is 0 Å². The lowest BCUT2D eigenvalue weighted by molar-refractivity contribution is 0.625. The molecule has 0 amide bonds. The fourth-order valence-electron chi connectivity index (χ4n) is 1.20. The van der Waals surface area contributed by atoms with Gasteiger partial charge in [0.1, 0.15) is 5.82 Å². The molecule has 1 heterocycles. The summed E-state index contributed by atoms with van der Waals surface area (Å²) in [5.74, 6) is -0.327. The molecule has 0 saturated carbocycles. The van der Waals surface area contributed by atoms with Gasteiger partial charge in [0.2, 0.25) is 0 Å². The second kappa shape index (κ2) is 3.94. The third-order valence-corrected chi connectivity index (χ3v) is 2.93. The van der Waals surface area contributed by atoms with Gasteiger partial charge in [-0.1, -0.05) is 11.8 Å². The summed E-state index contributed by atoms with van der Waals surface area (Å²) in [6.07, 6.45) is 3.54. The van der Waals surface area contributed by atoms with E-state index >= 15 is 0 Å². The Hall–Kier alpha value is -1.49. The molecule has 2 rings (SSSR count). The molecule has 0 bridgehead atoms. The van der Waals surface area contributed by atoms with Crippen LogP contribution >= 0.6 is 11.8 Å². The number of rotatable bonds is 2. The first-order chi connectivity index (χ1) is 7.15. The van der Waals surface area contributed by atoms with E-state index in [1.165, 1.54) is 23.9 Å². The third kappa shape index (κ3) is 2.30. The minimum absolute atomic E-state index is 0.327. The lowest BCUT2D eigenvalue weighted by Crippen LogP contribution is -1.90. The minimum atomic E-state index is -0.327. The maximum absolute atomic E-state index is 13.0. The van der Waals surface area contributed by atoms with Crippen LogP contribution in [0, 0.1) is 5.82 Å². The first-order valence-electron chi connectivity index (χ1n) is 4.36. The molecule has 0 atom stereocenters. The van der Waals surface area contributed by atoms with E-state index < -0.39 is 0 Å². The van der Waals surface area contributed by atoms with Crippen molar-refractivity contribution in [3.63, 3.8) is 0 Å². The fraction of sp³-hybridized carbons (Fsp3) is 0.100. The number of halogens is 1. The topological polar surface area (TPSA) is 43.8 Å². The second-order valence-corrected chi connectivity index (χ2v) is 4.18. The summed E-state index contributed by atoms with van der Waals surface area (Å²) in [7, 11) is 1.89. The predicted octanol–water partition coefficient (Wildman–Crippen LogP) is 2.29. The van der Waals surface area contributed by atoms with E-state index in [9.17, 15) is 4.39 Å². The summed E-state index contributed by atoms with van der Waals surface area (Å²) in [5, 5.41) is 0.806. The van der Waals surface area contributed by atoms with Gasteiger partial charge in [0, 0.05) is 30.0 Å². The Morgan fingerprint density at radius 1 is 1.40 bits per heavy atom. The molecule has 1 aromatic heterocycles. The first-order valence-corrected chi connectivity index (χ1v) is 5.18. The van der Waals surface area contributed by atoms with Crippen molar-refractivity contribution < 1.29 is 4.39 Å². The van der Waals surface area contributed by atoms with Crippen LogP contribution in [-0.2, 0) is 7.05 Å². The van der Waals surface area contributed by atoms with Crippen LogP contribution in [0.5, 0.6) is 0 Å². The molecule has 0 unspecified atom stereocenters. The SMILES string of the molecule is Cn1ccnc1Sc1cc(N)cc(F)c1. The quantitative estimate of drug-likeness (QED) is 0.794. The molecule has 2 N–H and O–H groups in total. The minimum Gasteiger partial charge on any atom is -0.399 e. The van der Waals surface area contributed by atoms with Crippen LogP contribution in [0.1, 0.15) is 0 Å². The Morgan fingerprint density at radius 3 is 2.80 bits per heavy atom. The number of nitrogens with two attached hydrogens (primary N) is 1. The van der Waals surface area contributed by atoms with Gasteiger partial charge < -0.3 is 10.3 Å². The molecular weight excluding hydrogens is 213 g/mol. The molecule has 0 saturated heterocycles. The summed E-state index contributed by atoms with van der Waals surface area (Å²) >= 11 is 1.38. The van der Waals surface area contributed by atoms with E-state index in [-0.39, 0.29) is 5.82 Å². The van der Waals surface area contributed by atoms with Gasteiger partial charge in [-0.3, -0.25) is 0 Å². The molecule has 0 aliphatic carbocycles. The van der Waals surface area contributed by atoms with Crippen molar-refractivity contribution >= 4 is 17.4 Å². The lowest BCUT2D eigenvalue weighted by atomic mass is 10.3. The van der Waals surface area contributed by atoms with E-state index in [0.717, 1.165) is 10.1 Å². The highest BCUT2D eigenvalue weighted by molar-refractivity contribution is 7.99. The van der Waals surface area contributed by atoms with Gasteiger partial charge in [0.05, 0.1) is 0 Å². The number of imidazole rings is 1. The zero-order valence-corrected chi connectivity index (χ0v) is 8.96. The van der Waals surface area contributed by atoms with Crippen molar-refractivity contribution in [2.45, 2.75) is 10.1 Å². The summed E-state index contributed by atoms with van der Waals surface area (Å²) in [6, 6.07) is 4.46. The van der Waals surface area contributed by atoms with Gasteiger partial charge in [-0.15, -0.1) is 0 Å². The predicted molar refractivity (Wildman–Crippen MR) is 58.1 cm³/mol. The summed E-state index contributed by atoms with van der Waals surface area (Å²) in [4.78, 5) is 4.88. The number of benzene rings is 1. The molecule has 3 nitrogen and oxygen atoms in total. The van der Waals surface area contributed by atoms with E-state index in [0.29, 0.717) is 5.69 Å². The molecule has 78 valence electrons. The highest BCUT2D eigenvalue weighted by Crippen LogP contribution is 2.27. The van der Waals surface area contributed by atoms with E-state index in [2.05, 4.69) is 4.98 Å². The van der Waals surface area contributed by atoms with Crippen molar-refractivity contribution in [3.05, 3.63) is 36.4 Å². The average Bonchev–Trinajstić information content (AvgIpc) is 2.50. The molecule has 2 aromatic rings. The molecule has 0 aliphatic heterocycles. The number of nitrogens with zero attached hydrogens (tertiary/aromatic N) is 2. The molecule has 1 aromatic carbocycles. The first kappa shape index (κ1) is 10.0. The number of anilines is 1. The highest BCUT2D eigenvalue weighted by atomic mass is 32.2. The van der Waals surface area contributed by atoms with Crippen LogP contribution in [-0.4, -0.2) is 9.55 Å². The molecule has 0 aliphatic rings. The number of hydrogen-bond acceptors (Lipinski definition) is 3. The Kier molecular flexibility index (Phi) is 2.64. The third-order valence-electron chi connectivity index (χ3n) is 1.88. The number of hydrogen-bond donors (Lipinski definition) is 1. The molecular formula is C10H10FN3S. The number of aromatic nitrogens is 2. The van der Waals surface area contributed by atoms with E-state index in [4.69, 9.17) is 5.73 Å². The van der Waals surface area contributed by atoms with Crippen LogP contribution in [0.25, 0.3) is 0 Å². The van der Waals surface area contributed by atoms with Crippen LogP contribution in [0.3, 0.4) is 0 Å². The lowest BCUT2D eigenvalue weighted by Gasteiger charge is -2.02. The summed E-state index contributed by atoms with van der Waals surface area (Å²) < 4.78 is 14.9. The van der Waals surface area contributed by atoms with Gasteiger partial charge in [0.25, 0.3) is 0 Å². The maximum Gasteiger partial charge on any atom is 0.172 e. The van der Waals surface area contributed by atoms with Crippen molar-refractivity contribution in [3.8, 4) is 0 Å². The Bertz CT molecular complexity index is 461. The van der Waals surface area contributed by atoms with Crippen LogP contribution in [0.15, 0.2) is 40.6 Å². The van der Waals surface area contributed by atoms with E-state index in [1.807, 2.05) is 17.8 Å².